The van der Waals surface area contributed by atoms with E-state index in [9.17, 15) is 18.0 Å². The maximum Gasteiger partial charge on any atom is 0.389 e. The molecule has 1 rings (SSSR count). The van der Waals surface area contributed by atoms with E-state index in [-0.39, 0.29) is 18.6 Å². The van der Waals surface area contributed by atoms with Gasteiger partial charge in [-0.1, -0.05) is 23.7 Å². The number of hydrogen-bond acceptors (Lipinski definition) is 1. The zero-order chi connectivity index (χ0) is 13.1. The summed E-state index contributed by atoms with van der Waals surface area (Å²) in [5, 5.41) is 0.451. The van der Waals surface area contributed by atoms with Crippen LogP contribution in [0.4, 0.5) is 13.2 Å². The van der Waals surface area contributed by atoms with Gasteiger partial charge in [0.2, 0.25) is 0 Å². The van der Waals surface area contributed by atoms with Gasteiger partial charge in [0.1, 0.15) is 0 Å². The van der Waals surface area contributed by atoms with Crippen LogP contribution in [0.5, 0.6) is 0 Å². The molecule has 0 bridgehead atoms. The Morgan fingerprint density at radius 2 is 2.00 bits per heavy atom. The second kappa shape index (κ2) is 5.54. The van der Waals surface area contributed by atoms with Crippen molar-refractivity contribution in [2.45, 2.75) is 32.4 Å². The highest BCUT2D eigenvalue weighted by Gasteiger charge is 2.26. The van der Waals surface area contributed by atoms with Crippen LogP contribution in [0.3, 0.4) is 0 Å². The molecule has 0 radical (unpaired) electrons. The van der Waals surface area contributed by atoms with E-state index in [4.69, 9.17) is 11.6 Å². The zero-order valence-electron chi connectivity index (χ0n) is 9.27. The molecule has 0 aliphatic heterocycles. The van der Waals surface area contributed by atoms with Crippen LogP contribution < -0.4 is 0 Å². The first-order valence-corrected chi connectivity index (χ1v) is 5.53. The predicted octanol–water partition coefficient (Wildman–Crippen LogP) is 4.56. The number of alkyl halides is 3. The largest absolute Gasteiger partial charge is 0.389 e. The highest BCUT2D eigenvalue weighted by molar-refractivity contribution is 6.31. The molecule has 0 unspecified atom stereocenters. The number of benzene rings is 1. The Morgan fingerprint density at radius 1 is 1.35 bits per heavy atom. The summed E-state index contributed by atoms with van der Waals surface area (Å²) >= 11 is 5.83. The zero-order valence-corrected chi connectivity index (χ0v) is 10.0. The molecule has 94 valence electrons. The summed E-state index contributed by atoms with van der Waals surface area (Å²) in [5.41, 5.74) is 1.20. The number of carbonyl (C=O) groups excluding carboxylic acids is 1. The number of hydrogen-bond donors (Lipinski definition) is 0. The lowest BCUT2D eigenvalue weighted by molar-refractivity contribution is -0.135. The summed E-state index contributed by atoms with van der Waals surface area (Å²) in [6, 6.07) is 4.75. The third-order valence-electron chi connectivity index (χ3n) is 2.36. The second-order valence-electron chi connectivity index (χ2n) is 3.86. The van der Waals surface area contributed by atoms with Crippen molar-refractivity contribution in [3.05, 3.63) is 34.3 Å². The Morgan fingerprint density at radius 3 is 2.53 bits per heavy atom. The molecule has 0 heterocycles. The number of rotatable bonds is 4. The topological polar surface area (TPSA) is 17.1 Å². The monoisotopic (exact) mass is 264 g/mol. The highest BCUT2D eigenvalue weighted by atomic mass is 35.5. The number of aryl methyl sites for hydroxylation is 1. The van der Waals surface area contributed by atoms with Gasteiger partial charge in [-0.05, 0) is 25.0 Å². The minimum atomic E-state index is -4.20. The van der Waals surface area contributed by atoms with E-state index >= 15 is 0 Å². The minimum absolute atomic E-state index is 0.112. The van der Waals surface area contributed by atoms with Crippen molar-refractivity contribution in [2.75, 3.05) is 0 Å². The standard InChI is InChI=1S/C12H12ClF3O/c1-8-4-5-9(7-10(8)13)11(17)3-2-6-12(14,15)16/h4-5,7H,2-3,6H2,1H3. The fraction of sp³-hybridized carbons (Fsp3) is 0.417. The van der Waals surface area contributed by atoms with Crippen molar-refractivity contribution < 1.29 is 18.0 Å². The van der Waals surface area contributed by atoms with E-state index in [0.29, 0.717) is 10.6 Å². The van der Waals surface area contributed by atoms with Gasteiger partial charge in [-0.25, -0.2) is 0 Å². The third kappa shape index (κ3) is 4.77. The van der Waals surface area contributed by atoms with Crippen LogP contribution in [0, 0.1) is 6.92 Å². The Labute approximate surface area is 103 Å². The summed E-state index contributed by atoms with van der Waals surface area (Å²) in [7, 11) is 0. The first kappa shape index (κ1) is 14.0. The summed E-state index contributed by atoms with van der Waals surface area (Å²) in [6.07, 6.45) is -5.43. The van der Waals surface area contributed by atoms with Crippen molar-refractivity contribution in [2.24, 2.45) is 0 Å². The Balaban J connectivity index is 2.56. The van der Waals surface area contributed by atoms with Crippen LogP contribution in [-0.2, 0) is 0 Å². The summed E-state index contributed by atoms with van der Waals surface area (Å²) in [4.78, 5) is 11.6. The van der Waals surface area contributed by atoms with Crippen LogP contribution in [-0.4, -0.2) is 12.0 Å². The van der Waals surface area contributed by atoms with Crippen LogP contribution in [0.1, 0.15) is 35.2 Å². The molecule has 0 amide bonds. The quantitative estimate of drug-likeness (QED) is 0.729. The average molecular weight is 265 g/mol. The molecule has 0 aliphatic carbocycles. The van der Waals surface area contributed by atoms with E-state index in [1.807, 2.05) is 0 Å². The molecule has 1 aromatic carbocycles. The third-order valence-corrected chi connectivity index (χ3v) is 2.77. The summed E-state index contributed by atoms with van der Waals surface area (Å²) in [5.74, 6) is -0.309. The molecular weight excluding hydrogens is 253 g/mol. The first-order valence-electron chi connectivity index (χ1n) is 5.16. The minimum Gasteiger partial charge on any atom is -0.294 e. The van der Waals surface area contributed by atoms with E-state index in [0.717, 1.165) is 5.56 Å². The fourth-order valence-corrected chi connectivity index (χ4v) is 1.54. The van der Waals surface area contributed by atoms with Gasteiger partial charge in [0.25, 0.3) is 0 Å². The first-order chi connectivity index (χ1) is 7.79. The average Bonchev–Trinajstić information content (AvgIpc) is 2.20. The fourth-order valence-electron chi connectivity index (χ4n) is 1.36. The number of carbonyl (C=O) groups is 1. The molecule has 0 N–H and O–H groups in total. The Kier molecular flexibility index (Phi) is 4.57. The van der Waals surface area contributed by atoms with Gasteiger partial charge in [0, 0.05) is 23.4 Å². The van der Waals surface area contributed by atoms with Crippen molar-refractivity contribution in [3.8, 4) is 0 Å². The van der Waals surface area contributed by atoms with Crippen LogP contribution in [0.2, 0.25) is 5.02 Å². The van der Waals surface area contributed by atoms with Crippen molar-refractivity contribution >= 4 is 17.4 Å². The lowest BCUT2D eigenvalue weighted by atomic mass is 10.0. The maximum absolute atomic E-state index is 11.9. The number of Topliss-reactive ketones (excluding diaryl/α,β-unsaturated/α-hetero) is 1. The van der Waals surface area contributed by atoms with Crippen molar-refractivity contribution in [1.29, 1.82) is 0 Å². The molecule has 0 saturated heterocycles. The lowest BCUT2D eigenvalue weighted by Crippen LogP contribution is -2.08. The van der Waals surface area contributed by atoms with Gasteiger partial charge in [0.15, 0.2) is 5.78 Å². The molecular formula is C12H12ClF3O. The molecule has 1 aromatic rings. The van der Waals surface area contributed by atoms with Crippen molar-refractivity contribution in [1.82, 2.24) is 0 Å². The molecule has 0 aromatic heterocycles. The molecule has 5 heteroatoms. The summed E-state index contributed by atoms with van der Waals surface area (Å²) in [6.45, 7) is 1.79. The second-order valence-corrected chi connectivity index (χ2v) is 4.26. The normalized spacial score (nSPS) is 11.6. The van der Waals surface area contributed by atoms with Gasteiger partial charge in [0.05, 0.1) is 0 Å². The Hall–Kier alpha value is -1.03. The molecule has 0 fully saturated rings. The van der Waals surface area contributed by atoms with Gasteiger partial charge in [-0.2, -0.15) is 13.2 Å². The Bertz CT molecular complexity index is 413. The molecule has 0 aliphatic rings. The van der Waals surface area contributed by atoms with E-state index < -0.39 is 12.6 Å². The smallest absolute Gasteiger partial charge is 0.294 e. The van der Waals surface area contributed by atoms with Crippen LogP contribution in [0.15, 0.2) is 18.2 Å². The van der Waals surface area contributed by atoms with E-state index in [2.05, 4.69) is 0 Å². The summed E-state index contributed by atoms with van der Waals surface area (Å²) < 4.78 is 35.7. The van der Waals surface area contributed by atoms with Gasteiger partial charge < -0.3 is 0 Å². The SMILES string of the molecule is Cc1ccc(C(=O)CCCC(F)(F)F)cc1Cl. The molecule has 17 heavy (non-hydrogen) atoms. The van der Waals surface area contributed by atoms with Crippen LogP contribution >= 0.6 is 11.6 Å². The highest BCUT2D eigenvalue weighted by Crippen LogP contribution is 2.23. The van der Waals surface area contributed by atoms with E-state index in [1.54, 1.807) is 19.1 Å². The van der Waals surface area contributed by atoms with Crippen molar-refractivity contribution in [3.63, 3.8) is 0 Å². The molecule has 1 nitrogen and oxygen atoms in total. The maximum atomic E-state index is 11.9. The number of halogens is 4. The molecule has 0 atom stereocenters. The van der Waals surface area contributed by atoms with E-state index in [1.165, 1.54) is 6.07 Å². The predicted molar refractivity (Wildman–Crippen MR) is 60.4 cm³/mol. The molecule has 0 saturated carbocycles. The van der Waals surface area contributed by atoms with Gasteiger partial charge >= 0.3 is 6.18 Å². The lowest BCUT2D eigenvalue weighted by Gasteiger charge is -2.06. The number of ketones is 1. The van der Waals surface area contributed by atoms with Gasteiger partial charge in [-0.3, -0.25) is 4.79 Å². The van der Waals surface area contributed by atoms with Crippen LogP contribution in [0.25, 0.3) is 0 Å². The molecule has 0 spiro atoms. The van der Waals surface area contributed by atoms with Gasteiger partial charge in [-0.15, -0.1) is 0 Å².